The Kier molecular flexibility index (Phi) is 6.54. The minimum Gasteiger partial charge on any atom is -0.497 e. The predicted molar refractivity (Wildman–Crippen MR) is 132 cm³/mol. The second kappa shape index (κ2) is 10.1. The third-order valence-corrected chi connectivity index (χ3v) is 6.24. The van der Waals surface area contributed by atoms with Crippen molar-refractivity contribution < 1.29 is 18.7 Å². The summed E-state index contributed by atoms with van der Waals surface area (Å²) < 4.78 is 18.1. The van der Waals surface area contributed by atoms with Gasteiger partial charge in [0.2, 0.25) is 0 Å². The zero-order valence-corrected chi connectivity index (χ0v) is 19.9. The van der Waals surface area contributed by atoms with Crippen LogP contribution >= 0.6 is 0 Å². The van der Waals surface area contributed by atoms with Crippen molar-refractivity contribution in [3.8, 4) is 28.6 Å². The van der Waals surface area contributed by atoms with Crippen LogP contribution in [0.3, 0.4) is 0 Å². The van der Waals surface area contributed by atoms with Gasteiger partial charge in [0.25, 0.3) is 5.91 Å². The molecule has 1 aliphatic rings. The first-order chi connectivity index (χ1) is 17.2. The molecule has 0 saturated carbocycles. The standard InChI is InChI=1S/C27H28N4O4/c1-33-22-10-11-25(34-2)20(17-22)19-29-12-14-30(15-13-29)27(32)24-18-23(26-9-6-16-35-26)28-31(24)21-7-4-3-5-8-21/h3-11,16-18H,12-15,19H2,1-2H3. The molecule has 0 N–H and O–H groups in total. The van der Waals surface area contributed by atoms with Crippen LogP contribution in [-0.2, 0) is 6.54 Å². The van der Waals surface area contributed by atoms with E-state index in [1.807, 2.05) is 71.6 Å². The molecule has 1 fully saturated rings. The molecule has 0 unspecified atom stereocenters. The number of aromatic nitrogens is 2. The molecule has 2 aromatic heterocycles. The summed E-state index contributed by atoms with van der Waals surface area (Å²) in [4.78, 5) is 17.8. The van der Waals surface area contributed by atoms with Gasteiger partial charge in [-0.25, -0.2) is 4.68 Å². The molecular weight excluding hydrogens is 444 g/mol. The highest BCUT2D eigenvalue weighted by atomic mass is 16.5. The van der Waals surface area contributed by atoms with Gasteiger partial charge in [0.15, 0.2) is 5.76 Å². The Bertz CT molecular complexity index is 1280. The normalized spacial score (nSPS) is 14.2. The van der Waals surface area contributed by atoms with Crippen LogP contribution in [0.15, 0.2) is 77.4 Å². The Morgan fingerprint density at radius 3 is 2.43 bits per heavy atom. The lowest BCUT2D eigenvalue weighted by atomic mass is 10.1. The zero-order valence-electron chi connectivity index (χ0n) is 19.9. The Labute approximate surface area is 204 Å². The summed E-state index contributed by atoms with van der Waals surface area (Å²) in [6.07, 6.45) is 1.61. The molecule has 2 aromatic carbocycles. The van der Waals surface area contributed by atoms with E-state index < -0.39 is 0 Å². The molecule has 8 heteroatoms. The number of carbonyl (C=O) groups excluding carboxylic acids is 1. The Balaban J connectivity index is 1.33. The van der Waals surface area contributed by atoms with Crippen LogP contribution < -0.4 is 9.47 Å². The fourth-order valence-corrected chi connectivity index (χ4v) is 4.36. The van der Waals surface area contributed by atoms with Gasteiger partial charge in [-0.3, -0.25) is 9.69 Å². The molecule has 5 rings (SSSR count). The fraction of sp³-hybridized carbons (Fsp3) is 0.259. The van der Waals surface area contributed by atoms with Crippen molar-refractivity contribution in [1.82, 2.24) is 19.6 Å². The Morgan fingerprint density at radius 1 is 0.943 bits per heavy atom. The molecule has 0 bridgehead atoms. The lowest BCUT2D eigenvalue weighted by Gasteiger charge is -2.35. The van der Waals surface area contributed by atoms with Crippen molar-refractivity contribution >= 4 is 5.91 Å². The van der Waals surface area contributed by atoms with Crippen molar-refractivity contribution in [3.63, 3.8) is 0 Å². The molecule has 35 heavy (non-hydrogen) atoms. The molecule has 0 spiro atoms. The number of hydrogen-bond acceptors (Lipinski definition) is 6. The highest BCUT2D eigenvalue weighted by Crippen LogP contribution is 2.27. The number of rotatable bonds is 7. The molecule has 1 saturated heterocycles. The topological polar surface area (TPSA) is 73.0 Å². The lowest BCUT2D eigenvalue weighted by Crippen LogP contribution is -2.48. The van der Waals surface area contributed by atoms with Gasteiger partial charge >= 0.3 is 0 Å². The summed E-state index contributed by atoms with van der Waals surface area (Å²) in [5, 5.41) is 4.68. The quantitative estimate of drug-likeness (QED) is 0.403. The number of ether oxygens (including phenoxy) is 2. The summed E-state index contributed by atoms with van der Waals surface area (Å²) in [5.74, 6) is 2.22. The van der Waals surface area contributed by atoms with Crippen LogP contribution in [-0.4, -0.2) is 65.9 Å². The SMILES string of the molecule is COc1ccc(OC)c(CN2CCN(C(=O)c3cc(-c4ccco4)nn3-c3ccccc3)CC2)c1. The number of piperazine rings is 1. The number of carbonyl (C=O) groups is 1. The maximum atomic E-state index is 13.6. The minimum absolute atomic E-state index is 0.0437. The zero-order chi connectivity index (χ0) is 24.2. The van der Waals surface area contributed by atoms with Crippen LogP contribution in [0.1, 0.15) is 16.1 Å². The van der Waals surface area contributed by atoms with E-state index in [0.717, 1.165) is 42.4 Å². The van der Waals surface area contributed by atoms with E-state index in [9.17, 15) is 4.79 Å². The summed E-state index contributed by atoms with van der Waals surface area (Å²) in [7, 11) is 3.34. The molecule has 3 heterocycles. The van der Waals surface area contributed by atoms with Crippen LogP contribution in [0.2, 0.25) is 0 Å². The van der Waals surface area contributed by atoms with Crippen LogP contribution in [0, 0.1) is 0 Å². The number of hydrogen-bond donors (Lipinski definition) is 0. The fourth-order valence-electron chi connectivity index (χ4n) is 4.36. The molecule has 1 amide bonds. The molecular formula is C27H28N4O4. The molecule has 0 radical (unpaired) electrons. The molecule has 0 aliphatic carbocycles. The van der Waals surface area contributed by atoms with Gasteiger partial charge in [-0.2, -0.15) is 5.10 Å². The number of para-hydroxylation sites is 1. The Morgan fingerprint density at radius 2 is 1.74 bits per heavy atom. The van der Waals surface area contributed by atoms with Crippen molar-refractivity contribution in [3.05, 3.63) is 84.3 Å². The molecule has 180 valence electrons. The van der Waals surface area contributed by atoms with Crippen LogP contribution in [0.4, 0.5) is 0 Å². The van der Waals surface area contributed by atoms with Crippen LogP contribution in [0.25, 0.3) is 17.1 Å². The highest BCUT2D eigenvalue weighted by Gasteiger charge is 2.27. The average molecular weight is 473 g/mol. The first-order valence-electron chi connectivity index (χ1n) is 11.6. The number of methoxy groups -OCH3 is 2. The smallest absolute Gasteiger partial charge is 0.272 e. The predicted octanol–water partition coefficient (Wildman–Crippen LogP) is 4.11. The maximum Gasteiger partial charge on any atom is 0.272 e. The van der Waals surface area contributed by atoms with Gasteiger partial charge < -0.3 is 18.8 Å². The van der Waals surface area contributed by atoms with E-state index >= 15 is 0 Å². The van der Waals surface area contributed by atoms with E-state index in [1.54, 1.807) is 25.2 Å². The summed E-state index contributed by atoms with van der Waals surface area (Å²) in [6, 6.07) is 21.0. The van der Waals surface area contributed by atoms with E-state index in [0.29, 0.717) is 30.2 Å². The van der Waals surface area contributed by atoms with Crippen molar-refractivity contribution in [1.29, 1.82) is 0 Å². The molecule has 8 nitrogen and oxygen atoms in total. The minimum atomic E-state index is -0.0437. The van der Waals surface area contributed by atoms with Gasteiger partial charge in [-0.1, -0.05) is 18.2 Å². The van der Waals surface area contributed by atoms with E-state index in [2.05, 4.69) is 10.00 Å². The number of amides is 1. The third-order valence-electron chi connectivity index (χ3n) is 6.24. The summed E-state index contributed by atoms with van der Waals surface area (Å²) in [6.45, 7) is 3.50. The second-order valence-electron chi connectivity index (χ2n) is 8.39. The van der Waals surface area contributed by atoms with E-state index in [-0.39, 0.29) is 5.91 Å². The maximum absolute atomic E-state index is 13.6. The van der Waals surface area contributed by atoms with Gasteiger partial charge in [-0.05, 0) is 42.5 Å². The second-order valence-corrected chi connectivity index (χ2v) is 8.39. The van der Waals surface area contributed by atoms with Crippen molar-refractivity contribution in [2.75, 3.05) is 40.4 Å². The highest BCUT2D eigenvalue weighted by molar-refractivity contribution is 5.94. The van der Waals surface area contributed by atoms with Gasteiger partial charge in [0, 0.05) is 44.4 Å². The summed E-state index contributed by atoms with van der Waals surface area (Å²) in [5.41, 5.74) is 3.05. The van der Waals surface area contributed by atoms with Crippen LogP contribution in [0.5, 0.6) is 11.5 Å². The first-order valence-corrected chi connectivity index (χ1v) is 11.6. The molecule has 0 atom stereocenters. The number of nitrogens with zero attached hydrogens (tertiary/aromatic N) is 4. The first kappa shape index (κ1) is 22.7. The third kappa shape index (κ3) is 4.79. The van der Waals surface area contributed by atoms with Gasteiger partial charge in [-0.15, -0.1) is 0 Å². The largest absolute Gasteiger partial charge is 0.497 e. The lowest BCUT2D eigenvalue weighted by molar-refractivity contribution is 0.0618. The van der Waals surface area contributed by atoms with E-state index in [1.165, 1.54) is 0 Å². The van der Waals surface area contributed by atoms with Crippen molar-refractivity contribution in [2.24, 2.45) is 0 Å². The molecule has 1 aliphatic heterocycles. The van der Waals surface area contributed by atoms with Crippen molar-refractivity contribution in [2.45, 2.75) is 6.54 Å². The average Bonchev–Trinajstić information content (AvgIpc) is 3.60. The van der Waals surface area contributed by atoms with Gasteiger partial charge in [0.05, 0.1) is 26.2 Å². The number of benzene rings is 2. The summed E-state index contributed by atoms with van der Waals surface area (Å²) >= 11 is 0. The monoisotopic (exact) mass is 472 g/mol. The Hall–Kier alpha value is -4.04. The van der Waals surface area contributed by atoms with E-state index in [4.69, 9.17) is 13.9 Å². The number of furan rings is 1. The molecule has 4 aromatic rings. The van der Waals surface area contributed by atoms with Gasteiger partial charge in [0.1, 0.15) is 22.9 Å².